The second kappa shape index (κ2) is 11.0. The lowest BCUT2D eigenvalue weighted by atomic mass is 10.1. The van der Waals surface area contributed by atoms with Gasteiger partial charge >= 0.3 is 0 Å². The van der Waals surface area contributed by atoms with Crippen LogP contribution in [0.15, 0.2) is 0 Å². The van der Waals surface area contributed by atoms with E-state index < -0.39 is 0 Å². The van der Waals surface area contributed by atoms with Gasteiger partial charge in [0, 0.05) is 6.54 Å². The molecule has 85 valence electrons. The highest BCUT2D eigenvalue weighted by atomic mass is 15.1. The third kappa shape index (κ3) is 8.55. The summed E-state index contributed by atoms with van der Waals surface area (Å²) in [5.74, 6) is 0. The molecule has 0 aromatic heterocycles. The predicted molar refractivity (Wildman–Crippen MR) is 65.2 cm³/mol. The SMILES string of the molecule is CCCCCC[CH]N(CCC)CCC. The fourth-order valence-corrected chi connectivity index (χ4v) is 1.71. The van der Waals surface area contributed by atoms with Gasteiger partial charge in [0.05, 0.1) is 0 Å². The largest absolute Gasteiger partial charge is 0.299 e. The van der Waals surface area contributed by atoms with E-state index in [0.717, 1.165) is 0 Å². The highest BCUT2D eigenvalue weighted by Gasteiger charge is 2.01. The molecule has 0 aliphatic carbocycles. The third-order valence-electron chi connectivity index (χ3n) is 2.47. The number of nitrogens with zero attached hydrogens (tertiary/aromatic N) is 1. The van der Waals surface area contributed by atoms with Gasteiger partial charge in [-0.1, -0.05) is 46.5 Å². The van der Waals surface area contributed by atoms with Crippen LogP contribution in [0.5, 0.6) is 0 Å². The molecule has 0 spiro atoms. The summed E-state index contributed by atoms with van der Waals surface area (Å²) in [6, 6.07) is 0. The zero-order valence-corrected chi connectivity index (χ0v) is 10.4. The molecule has 0 bridgehead atoms. The van der Waals surface area contributed by atoms with Crippen LogP contribution in [-0.4, -0.2) is 18.0 Å². The summed E-state index contributed by atoms with van der Waals surface area (Å²) >= 11 is 0. The quantitative estimate of drug-likeness (QED) is 0.475. The predicted octanol–water partition coefficient (Wildman–Crippen LogP) is 4.24. The molecule has 0 saturated heterocycles. The number of hydrogen-bond donors (Lipinski definition) is 0. The summed E-state index contributed by atoms with van der Waals surface area (Å²) in [6.45, 7) is 11.7. The summed E-state index contributed by atoms with van der Waals surface area (Å²) in [5.41, 5.74) is 0. The van der Waals surface area contributed by atoms with Gasteiger partial charge in [-0.15, -0.1) is 0 Å². The zero-order chi connectivity index (χ0) is 10.6. The molecule has 0 unspecified atom stereocenters. The van der Waals surface area contributed by atoms with Gasteiger partial charge in [-0.05, 0) is 32.4 Å². The van der Waals surface area contributed by atoms with Crippen LogP contribution in [0.4, 0.5) is 0 Å². The summed E-state index contributed by atoms with van der Waals surface area (Å²) in [7, 11) is 0. The molecule has 1 radical (unpaired) electrons. The van der Waals surface area contributed by atoms with Crippen molar-refractivity contribution in [3.63, 3.8) is 0 Å². The Labute approximate surface area is 90.9 Å². The normalized spacial score (nSPS) is 11.1. The molecule has 0 amide bonds. The Kier molecular flexibility index (Phi) is 11.0. The van der Waals surface area contributed by atoms with Crippen molar-refractivity contribution in [1.29, 1.82) is 0 Å². The van der Waals surface area contributed by atoms with E-state index in [0.29, 0.717) is 0 Å². The minimum atomic E-state index is 1.24. The molecule has 1 heteroatoms. The molecule has 0 aromatic rings. The van der Waals surface area contributed by atoms with Crippen LogP contribution >= 0.6 is 0 Å². The van der Waals surface area contributed by atoms with Crippen LogP contribution < -0.4 is 0 Å². The summed E-state index contributed by atoms with van der Waals surface area (Å²) in [4.78, 5) is 2.49. The van der Waals surface area contributed by atoms with Crippen LogP contribution in [0.1, 0.15) is 65.7 Å². The van der Waals surface area contributed by atoms with Crippen molar-refractivity contribution < 1.29 is 0 Å². The fourth-order valence-electron chi connectivity index (χ4n) is 1.71. The summed E-state index contributed by atoms with van der Waals surface area (Å²) in [5, 5.41) is 0. The molecule has 0 aliphatic heterocycles. The molecule has 0 rings (SSSR count). The smallest absolute Gasteiger partial charge is 0.0251 e. The molecule has 0 heterocycles. The van der Waals surface area contributed by atoms with Crippen molar-refractivity contribution >= 4 is 0 Å². The van der Waals surface area contributed by atoms with Crippen LogP contribution in [0.2, 0.25) is 0 Å². The molecule has 14 heavy (non-hydrogen) atoms. The number of unbranched alkanes of at least 4 members (excludes halogenated alkanes) is 4. The number of hydrogen-bond acceptors (Lipinski definition) is 1. The van der Waals surface area contributed by atoms with Gasteiger partial charge in [0.2, 0.25) is 0 Å². The van der Waals surface area contributed by atoms with Gasteiger partial charge in [-0.2, -0.15) is 0 Å². The Bertz CT molecular complexity index is 95.4. The highest BCUT2D eigenvalue weighted by Crippen LogP contribution is 2.07. The molecule has 0 aliphatic rings. The van der Waals surface area contributed by atoms with Crippen LogP contribution in [0.25, 0.3) is 0 Å². The lowest BCUT2D eigenvalue weighted by Crippen LogP contribution is -2.22. The molecule has 0 saturated carbocycles. The summed E-state index contributed by atoms with van der Waals surface area (Å²) < 4.78 is 0. The van der Waals surface area contributed by atoms with E-state index in [1.165, 1.54) is 58.0 Å². The van der Waals surface area contributed by atoms with E-state index in [-0.39, 0.29) is 0 Å². The Morgan fingerprint density at radius 3 is 1.93 bits per heavy atom. The second-order valence-corrected chi connectivity index (χ2v) is 4.07. The van der Waals surface area contributed by atoms with Gasteiger partial charge in [0.1, 0.15) is 0 Å². The van der Waals surface area contributed by atoms with Crippen molar-refractivity contribution in [2.24, 2.45) is 0 Å². The topological polar surface area (TPSA) is 3.24 Å². The fraction of sp³-hybridized carbons (Fsp3) is 0.923. The van der Waals surface area contributed by atoms with Crippen molar-refractivity contribution in [3.05, 3.63) is 6.54 Å². The first-order valence-electron chi connectivity index (χ1n) is 6.42. The molecule has 0 fully saturated rings. The Balaban J connectivity index is 3.30. The van der Waals surface area contributed by atoms with E-state index in [2.05, 4.69) is 32.2 Å². The molecule has 0 atom stereocenters. The van der Waals surface area contributed by atoms with E-state index >= 15 is 0 Å². The lowest BCUT2D eigenvalue weighted by Gasteiger charge is -2.19. The Morgan fingerprint density at radius 2 is 1.43 bits per heavy atom. The average Bonchev–Trinajstić information content (AvgIpc) is 2.18. The van der Waals surface area contributed by atoms with Crippen LogP contribution in [0, 0.1) is 6.54 Å². The van der Waals surface area contributed by atoms with E-state index in [1.54, 1.807) is 0 Å². The Morgan fingerprint density at radius 1 is 0.786 bits per heavy atom. The zero-order valence-electron chi connectivity index (χ0n) is 10.4. The first-order valence-corrected chi connectivity index (χ1v) is 6.42. The van der Waals surface area contributed by atoms with Crippen molar-refractivity contribution in [1.82, 2.24) is 4.90 Å². The second-order valence-electron chi connectivity index (χ2n) is 4.07. The van der Waals surface area contributed by atoms with E-state index in [4.69, 9.17) is 0 Å². The maximum absolute atomic E-state index is 2.49. The maximum atomic E-state index is 2.49. The lowest BCUT2D eigenvalue weighted by molar-refractivity contribution is 0.321. The molecular weight excluding hydrogens is 170 g/mol. The molecular formula is C13H28N. The average molecular weight is 198 g/mol. The first kappa shape index (κ1) is 14.0. The van der Waals surface area contributed by atoms with Crippen molar-refractivity contribution in [3.8, 4) is 0 Å². The highest BCUT2D eigenvalue weighted by molar-refractivity contribution is 4.67. The molecule has 0 aromatic carbocycles. The minimum absolute atomic E-state index is 1.24. The van der Waals surface area contributed by atoms with Crippen molar-refractivity contribution in [2.45, 2.75) is 65.7 Å². The molecule has 1 nitrogen and oxygen atoms in total. The monoisotopic (exact) mass is 198 g/mol. The first-order chi connectivity index (χ1) is 6.85. The van der Waals surface area contributed by atoms with Gasteiger partial charge in [0.15, 0.2) is 0 Å². The van der Waals surface area contributed by atoms with Crippen molar-refractivity contribution in [2.75, 3.05) is 13.1 Å². The Hall–Kier alpha value is -0.0400. The van der Waals surface area contributed by atoms with E-state index in [9.17, 15) is 0 Å². The van der Waals surface area contributed by atoms with E-state index in [1.807, 2.05) is 0 Å². The van der Waals surface area contributed by atoms with Gasteiger partial charge in [0.25, 0.3) is 0 Å². The third-order valence-corrected chi connectivity index (χ3v) is 2.47. The van der Waals surface area contributed by atoms with Gasteiger partial charge in [-0.25, -0.2) is 0 Å². The van der Waals surface area contributed by atoms with Gasteiger partial charge < -0.3 is 0 Å². The van der Waals surface area contributed by atoms with Crippen LogP contribution in [0.3, 0.4) is 0 Å². The number of rotatable bonds is 10. The van der Waals surface area contributed by atoms with Crippen LogP contribution in [-0.2, 0) is 0 Å². The van der Waals surface area contributed by atoms with Gasteiger partial charge in [-0.3, -0.25) is 4.90 Å². The minimum Gasteiger partial charge on any atom is -0.299 e. The molecule has 0 N–H and O–H groups in total. The standard InChI is InChI=1S/C13H28N/c1-4-7-8-9-10-13-14(11-5-2)12-6-3/h13H,4-12H2,1-3H3. The summed E-state index contributed by atoms with van der Waals surface area (Å²) in [6.07, 6.45) is 9.33. The maximum Gasteiger partial charge on any atom is 0.0251 e.